The fraction of sp³-hybridized carbons (Fsp3) is 0.500. The fourth-order valence-corrected chi connectivity index (χ4v) is 0.715. The van der Waals surface area contributed by atoms with Crippen molar-refractivity contribution in [2.75, 3.05) is 25.3 Å². The summed E-state index contributed by atoms with van der Waals surface area (Å²) in [5.74, 6) is 5.80. The average Bonchev–Trinajstić information content (AvgIpc) is 2.47. The topological polar surface area (TPSA) is 84.5 Å². The van der Waals surface area contributed by atoms with E-state index in [1.807, 2.05) is 0 Å². The number of methoxy groups -OCH3 is 1. The lowest BCUT2D eigenvalue weighted by Crippen LogP contribution is -2.33. The Balaban J connectivity index is 2.53. The molecule has 0 unspecified atom stereocenters. The Kier molecular flexibility index (Phi) is 2.89. The van der Waals surface area contributed by atoms with Crippen molar-refractivity contribution in [3.63, 3.8) is 0 Å². The van der Waals surface area contributed by atoms with Crippen molar-refractivity contribution in [1.82, 2.24) is 5.16 Å². The number of hydrogen-bond donors (Lipinski definition) is 2. The van der Waals surface area contributed by atoms with Crippen LogP contribution in [0.5, 0.6) is 0 Å². The van der Waals surface area contributed by atoms with Gasteiger partial charge in [0.2, 0.25) is 5.88 Å². The van der Waals surface area contributed by atoms with Crippen LogP contribution in [-0.2, 0) is 4.74 Å². The fourth-order valence-electron chi connectivity index (χ4n) is 0.715. The number of H-pyrrole nitrogens is 1. The van der Waals surface area contributed by atoms with Gasteiger partial charge in [0.05, 0.1) is 19.2 Å². The van der Waals surface area contributed by atoms with Gasteiger partial charge in [0.1, 0.15) is 0 Å². The lowest BCUT2D eigenvalue weighted by Gasteiger charge is -2.12. The molecule has 0 saturated carbocycles. The number of anilines is 1. The zero-order chi connectivity index (χ0) is 8.97. The molecule has 1 aromatic heterocycles. The van der Waals surface area contributed by atoms with E-state index < -0.39 is 0 Å². The van der Waals surface area contributed by atoms with Crippen LogP contribution in [0.15, 0.2) is 15.4 Å². The van der Waals surface area contributed by atoms with Crippen LogP contribution in [-0.4, -0.2) is 25.4 Å². The summed E-state index contributed by atoms with van der Waals surface area (Å²) in [6, 6.07) is 1.27. The van der Waals surface area contributed by atoms with Gasteiger partial charge in [-0.25, -0.2) is 5.84 Å². The number of aromatic amines is 1. The van der Waals surface area contributed by atoms with Crippen LogP contribution < -0.4 is 16.4 Å². The number of nitrogens with two attached hydrogens (primary N) is 1. The van der Waals surface area contributed by atoms with Crippen LogP contribution in [0.25, 0.3) is 0 Å². The van der Waals surface area contributed by atoms with E-state index in [1.165, 1.54) is 11.1 Å². The van der Waals surface area contributed by atoms with E-state index in [-0.39, 0.29) is 5.56 Å². The lowest BCUT2D eigenvalue weighted by atomic mass is 10.6. The maximum atomic E-state index is 10.6. The second-order valence-corrected chi connectivity index (χ2v) is 2.24. The van der Waals surface area contributed by atoms with Gasteiger partial charge in [-0.05, 0) is 0 Å². The molecule has 0 aliphatic rings. The highest BCUT2D eigenvalue weighted by Gasteiger charge is 2.05. The molecule has 6 nitrogen and oxygen atoms in total. The Labute approximate surface area is 68.8 Å². The molecule has 1 aromatic rings. The van der Waals surface area contributed by atoms with Crippen LogP contribution in [0, 0.1) is 0 Å². The van der Waals surface area contributed by atoms with E-state index in [4.69, 9.17) is 15.1 Å². The van der Waals surface area contributed by atoms with Crippen molar-refractivity contribution in [2.24, 2.45) is 5.84 Å². The third kappa shape index (κ3) is 2.11. The quantitative estimate of drug-likeness (QED) is 0.464. The Morgan fingerprint density at radius 2 is 2.58 bits per heavy atom. The molecule has 0 saturated heterocycles. The second kappa shape index (κ2) is 3.93. The first-order valence-corrected chi connectivity index (χ1v) is 3.43. The van der Waals surface area contributed by atoms with E-state index in [0.29, 0.717) is 19.0 Å². The highest BCUT2D eigenvalue weighted by molar-refractivity contribution is 5.29. The second-order valence-electron chi connectivity index (χ2n) is 2.24. The molecule has 0 aliphatic heterocycles. The van der Waals surface area contributed by atoms with Gasteiger partial charge < -0.3 is 9.26 Å². The van der Waals surface area contributed by atoms with Crippen LogP contribution in [0.1, 0.15) is 0 Å². The normalized spacial score (nSPS) is 10.2. The van der Waals surface area contributed by atoms with Gasteiger partial charge in [-0.1, -0.05) is 0 Å². The number of aromatic nitrogens is 1. The summed E-state index contributed by atoms with van der Waals surface area (Å²) < 4.78 is 9.52. The zero-order valence-corrected chi connectivity index (χ0v) is 6.74. The number of nitrogens with one attached hydrogen (secondary N) is 1. The highest BCUT2D eigenvalue weighted by Crippen LogP contribution is 2.03. The van der Waals surface area contributed by atoms with Crippen molar-refractivity contribution in [1.29, 1.82) is 0 Å². The largest absolute Gasteiger partial charge is 0.383 e. The van der Waals surface area contributed by atoms with E-state index in [1.54, 1.807) is 7.11 Å². The maximum absolute atomic E-state index is 10.6. The first kappa shape index (κ1) is 8.82. The van der Waals surface area contributed by atoms with Crippen molar-refractivity contribution < 1.29 is 9.26 Å². The predicted molar refractivity (Wildman–Crippen MR) is 42.7 cm³/mol. The molecule has 0 spiro atoms. The molecule has 0 atom stereocenters. The molecule has 0 radical (unpaired) electrons. The lowest BCUT2D eigenvalue weighted by molar-refractivity contribution is 0.203. The summed E-state index contributed by atoms with van der Waals surface area (Å²) in [6.45, 7) is 0.947. The minimum atomic E-state index is -0.308. The monoisotopic (exact) mass is 173 g/mol. The number of ether oxygens (including phenoxy) is 1. The summed E-state index contributed by atoms with van der Waals surface area (Å²) >= 11 is 0. The third-order valence-electron chi connectivity index (χ3n) is 1.33. The Morgan fingerprint density at radius 1 is 1.83 bits per heavy atom. The summed E-state index contributed by atoms with van der Waals surface area (Å²) in [7, 11) is 1.57. The molecule has 1 heterocycles. The first-order chi connectivity index (χ1) is 5.74. The Hall–Kier alpha value is -1.27. The van der Waals surface area contributed by atoms with Crippen LogP contribution in [0.2, 0.25) is 0 Å². The summed E-state index contributed by atoms with van der Waals surface area (Å²) in [5.41, 5.74) is -0.308. The maximum Gasteiger partial charge on any atom is 0.282 e. The van der Waals surface area contributed by atoms with E-state index in [9.17, 15) is 4.79 Å². The van der Waals surface area contributed by atoms with Crippen molar-refractivity contribution >= 4 is 5.88 Å². The van der Waals surface area contributed by atoms with Gasteiger partial charge in [0.25, 0.3) is 5.56 Å². The van der Waals surface area contributed by atoms with Gasteiger partial charge in [-0.3, -0.25) is 9.80 Å². The molecule has 0 amide bonds. The van der Waals surface area contributed by atoms with Gasteiger partial charge in [0, 0.05) is 7.11 Å². The van der Waals surface area contributed by atoms with Crippen molar-refractivity contribution in [3.05, 3.63) is 16.4 Å². The predicted octanol–water partition coefficient (Wildman–Crippen LogP) is -0.706. The first-order valence-electron chi connectivity index (χ1n) is 3.43. The third-order valence-corrected chi connectivity index (χ3v) is 1.33. The van der Waals surface area contributed by atoms with E-state index in [2.05, 4.69) is 5.16 Å². The summed E-state index contributed by atoms with van der Waals surface area (Å²) in [6.07, 6.45) is 0. The van der Waals surface area contributed by atoms with Gasteiger partial charge in [-0.15, -0.1) is 0 Å². The molecule has 6 heteroatoms. The van der Waals surface area contributed by atoms with Crippen molar-refractivity contribution in [3.8, 4) is 0 Å². The van der Waals surface area contributed by atoms with Crippen LogP contribution in [0.4, 0.5) is 5.88 Å². The van der Waals surface area contributed by atoms with Gasteiger partial charge in [-0.2, -0.15) is 5.16 Å². The zero-order valence-electron chi connectivity index (χ0n) is 6.74. The number of hydrogen-bond acceptors (Lipinski definition) is 5. The molecule has 0 aliphatic carbocycles. The minimum absolute atomic E-state index is 0.303. The smallest absolute Gasteiger partial charge is 0.282 e. The number of hydrazine groups is 1. The molecule has 3 N–H and O–H groups in total. The Morgan fingerprint density at radius 3 is 3.08 bits per heavy atom. The van der Waals surface area contributed by atoms with Crippen LogP contribution >= 0.6 is 0 Å². The molecule has 68 valence electrons. The van der Waals surface area contributed by atoms with Crippen molar-refractivity contribution in [2.45, 2.75) is 0 Å². The van der Waals surface area contributed by atoms with Gasteiger partial charge in [0.15, 0.2) is 0 Å². The molecule has 1 rings (SSSR count). The molecule has 12 heavy (non-hydrogen) atoms. The summed E-state index contributed by atoms with van der Waals surface area (Å²) in [4.78, 5) is 10.6. The van der Waals surface area contributed by atoms with E-state index in [0.717, 1.165) is 0 Å². The SMILES string of the molecule is COCCN(N)c1cc(=O)[nH]o1. The number of rotatable bonds is 4. The Bertz CT molecular complexity index is 280. The average molecular weight is 173 g/mol. The molecule has 0 aromatic carbocycles. The minimum Gasteiger partial charge on any atom is -0.383 e. The van der Waals surface area contributed by atoms with E-state index >= 15 is 0 Å². The molecule has 0 fully saturated rings. The van der Waals surface area contributed by atoms with Gasteiger partial charge >= 0.3 is 0 Å². The number of nitrogens with zero attached hydrogens (tertiary/aromatic N) is 1. The van der Waals surface area contributed by atoms with Crippen LogP contribution in [0.3, 0.4) is 0 Å². The molecular weight excluding hydrogens is 162 g/mol. The summed E-state index contributed by atoms with van der Waals surface area (Å²) in [5, 5.41) is 3.43. The highest BCUT2D eigenvalue weighted by atomic mass is 16.5. The molecular formula is C6H11N3O3. The standard InChI is InChI=1S/C6H11N3O3/c1-11-3-2-9(7)6-4-5(10)8-12-6/h4H,2-3,7H2,1H3,(H,8,10). The molecule has 0 bridgehead atoms.